The van der Waals surface area contributed by atoms with Crippen molar-refractivity contribution in [3.8, 4) is 0 Å². The van der Waals surface area contributed by atoms with Gasteiger partial charge in [0, 0.05) is 25.6 Å². The van der Waals surface area contributed by atoms with Crippen molar-refractivity contribution in [3.63, 3.8) is 0 Å². The topological polar surface area (TPSA) is 46.4 Å². The highest BCUT2D eigenvalue weighted by molar-refractivity contribution is 5.76. The zero-order chi connectivity index (χ0) is 16.1. The first-order valence-electron chi connectivity index (χ1n) is 7.65. The molecule has 4 nitrogen and oxygen atoms in total. The van der Waals surface area contributed by atoms with E-state index in [1.807, 2.05) is 35.0 Å². The first-order chi connectivity index (χ1) is 11.2. The van der Waals surface area contributed by atoms with Crippen LogP contribution in [0.1, 0.15) is 17.8 Å². The molecule has 0 saturated heterocycles. The maximum absolute atomic E-state index is 13.5. The number of nitrogens with one attached hydrogen (secondary N) is 1. The lowest BCUT2D eigenvalue weighted by molar-refractivity contribution is -0.121. The van der Waals surface area contributed by atoms with Crippen molar-refractivity contribution in [1.29, 1.82) is 0 Å². The van der Waals surface area contributed by atoms with Gasteiger partial charge in [0.15, 0.2) is 0 Å². The van der Waals surface area contributed by atoms with Gasteiger partial charge in [-0.2, -0.15) is 0 Å². The number of aryl methyl sites for hydroxylation is 1. The van der Waals surface area contributed by atoms with Gasteiger partial charge in [-0.25, -0.2) is 9.37 Å². The Balaban J connectivity index is 1.47. The maximum Gasteiger partial charge on any atom is 0.220 e. The molecule has 0 aliphatic carbocycles. The normalized spacial score (nSPS) is 10.8. The first kappa shape index (κ1) is 15.2. The molecule has 3 rings (SSSR count). The summed E-state index contributed by atoms with van der Waals surface area (Å²) < 4.78 is 15.5. The van der Waals surface area contributed by atoms with E-state index in [1.165, 1.54) is 6.07 Å². The molecule has 0 bridgehead atoms. The SMILES string of the molecule is O=C(CCc1ccccc1F)NCCc1ncc2ccccn12. The summed E-state index contributed by atoms with van der Waals surface area (Å²) in [5, 5.41) is 2.86. The van der Waals surface area contributed by atoms with E-state index in [4.69, 9.17) is 0 Å². The molecule has 0 aliphatic heterocycles. The van der Waals surface area contributed by atoms with Crippen molar-refractivity contribution in [3.05, 3.63) is 72.1 Å². The maximum atomic E-state index is 13.5. The number of rotatable bonds is 6. The number of amides is 1. The fraction of sp³-hybridized carbons (Fsp3) is 0.222. The third-order valence-corrected chi connectivity index (χ3v) is 3.77. The molecule has 0 spiro atoms. The van der Waals surface area contributed by atoms with Crippen molar-refractivity contribution in [1.82, 2.24) is 14.7 Å². The van der Waals surface area contributed by atoms with Crippen LogP contribution in [0.25, 0.3) is 5.52 Å². The van der Waals surface area contributed by atoms with Crippen molar-refractivity contribution in [2.45, 2.75) is 19.3 Å². The highest BCUT2D eigenvalue weighted by Gasteiger charge is 2.07. The van der Waals surface area contributed by atoms with Crippen LogP contribution in [0, 0.1) is 5.82 Å². The Morgan fingerprint density at radius 3 is 2.83 bits per heavy atom. The molecule has 23 heavy (non-hydrogen) atoms. The molecule has 2 heterocycles. The molecular formula is C18H18FN3O. The molecule has 0 saturated carbocycles. The van der Waals surface area contributed by atoms with Crippen LogP contribution in [0.3, 0.4) is 0 Å². The van der Waals surface area contributed by atoms with E-state index in [9.17, 15) is 9.18 Å². The summed E-state index contributed by atoms with van der Waals surface area (Å²) in [6.07, 6.45) is 5.12. The van der Waals surface area contributed by atoms with Gasteiger partial charge < -0.3 is 9.72 Å². The lowest BCUT2D eigenvalue weighted by Crippen LogP contribution is -2.26. The average Bonchev–Trinajstić information content (AvgIpc) is 2.98. The first-order valence-corrected chi connectivity index (χ1v) is 7.65. The van der Waals surface area contributed by atoms with Crippen LogP contribution in [0.15, 0.2) is 54.9 Å². The summed E-state index contributed by atoms with van der Waals surface area (Å²) in [7, 11) is 0. The predicted octanol–water partition coefficient (Wildman–Crippen LogP) is 2.76. The molecule has 5 heteroatoms. The van der Waals surface area contributed by atoms with Gasteiger partial charge in [-0.05, 0) is 30.2 Å². The summed E-state index contributed by atoms with van der Waals surface area (Å²) >= 11 is 0. The second-order valence-electron chi connectivity index (χ2n) is 5.36. The van der Waals surface area contributed by atoms with E-state index in [0.717, 1.165) is 11.3 Å². The van der Waals surface area contributed by atoms with Crippen molar-refractivity contribution >= 4 is 11.4 Å². The number of fused-ring (bicyclic) bond motifs is 1. The second-order valence-corrected chi connectivity index (χ2v) is 5.36. The van der Waals surface area contributed by atoms with Crippen LogP contribution in [0.2, 0.25) is 0 Å². The molecule has 0 aliphatic rings. The third kappa shape index (κ3) is 3.74. The van der Waals surface area contributed by atoms with E-state index in [1.54, 1.807) is 18.2 Å². The standard InChI is InChI=1S/C18H18FN3O/c19-16-7-2-1-5-14(16)8-9-18(23)20-11-10-17-21-13-15-6-3-4-12-22(15)17/h1-7,12-13H,8-11H2,(H,20,23). The molecule has 0 atom stereocenters. The van der Waals surface area contributed by atoms with Crippen LogP contribution in [-0.4, -0.2) is 21.8 Å². The van der Waals surface area contributed by atoms with Gasteiger partial charge in [0.05, 0.1) is 11.7 Å². The van der Waals surface area contributed by atoms with Crippen LogP contribution in [0.4, 0.5) is 4.39 Å². The highest BCUT2D eigenvalue weighted by atomic mass is 19.1. The molecule has 1 N–H and O–H groups in total. The molecule has 3 aromatic rings. The number of nitrogens with zero attached hydrogens (tertiary/aromatic N) is 2. The van der Waals surface area contributed by atoms with E-state index in [0.29, 0.717) is 24.9 Å². The molecule has 1 amide bonds. The third-order valence-electron chi connectivity index (χ3n) is 3.77. The van der Waals surface area contributed by atoms with Crippen LogP contribution in [0.5, 0.6) is 0 Å². The Bertz CT molecular complexity index is 813. The fourth-order valence-electron chi connectivity index (χ4n) is 2.54. The summed E-state index contributed by atoms with van der Waals surface area (Å²) in [5.41, 5.74) is 1.61. The average molecular weight is 311 g/mol. The molecule has 0 radical (unpaired) electrons. The predicted molar refractivity (Wildman–Crippen MR) is 86.6 cm³/mol. The van der Waals surface area contributed by atoms with Gasteiger partial charge >= 0.3 is 0 Å². The number of imidazole rings is 1. The zero-order valence-electron chi connectivity index (χ0n) is 12.7. The van der Waals surface area contributed by atoms with Crippen LogP contribution >= 0.6 is 0 Å². The smallest absolute Gasteiger partial charge is 0.220 e. The Morgan fingerprint density at radius 1 is 1.13 bits per heavy atom. The minimum Gasteiger partial charge on any atom is -0.356 e. The minimum absolute atomic E-state index is 0.0749. The molecular weight excluding hydrogens is 293 g/mol. The summed E-state index contributed by atoms with van der Waals surface area (Å²) in [5.74, 6) is 0.577. The Morgan fingerprint density at radius 2 is 1.96 bits per heavy atom. The van der Waals surface area contributed by atoms with E-state index >= 15 is 0 Å². The Hall–Kier alpha value is -2.69. The summed E-state index contributed by atoms with van der Waals surface area (Å²) in [4.78, 5) is 16.2. The van der Waals surface area contributed by atoms with E-state index in [-0.39, 0.29) is 18.1 Å². The van der Waals surface area contributed by atoms with Crippen molar-refractivity contribution in [2.24, 2.45) is 0 Å². The highest BCUT2D eigenvalue weighted by Crippen LogP contribution is 2.09. The van der Waals surface area contributed by atoms with Crippen LogP contribution in [-0.2, 0) is 17.6 Å². The number of hydrogen-bond donors (Lipinski definition) is 1. The lowest BCUT2D eigenvalue weighted by Gasteiger charge is -2.06. The monoisotopic (exact) mass is 311 g/mol. The number of carbonyl (C=O) groups is 1. The van der Waals surface area contributed by atoms with E-state index in [2.05, 4.69) is 10.3 Å². The summed E-state index contributed by atoms with van der Waals surface area (Å²) in [6.45, 7) is 0.518. The molecule has 0 unspecified atom stereocenters. The lowest BCUT2D eigenvalue weighted by atomic mass is 10.1. The molecule has 0 fully saturated rings. The fourth-order valence-corrected chi connectivity index (χ4v) is 2.54. The van der Waals surface area contributed by atoms with Gasteiger partial charge in [-0.1, -0.05) is 24.3 Å². The van der Waals surface area contributed by atoms with Crippen molar-refractivity contribution < 1.29 is 9.18 Å². The van der Waals surface area contributed by atoms with Gasteiger partial charge in [0.25, 0.3) is 0 Å². The zero-order valence-corrected chi connectivity index (χ0v) is 12.7. The van der Waals surface area contributed by atoms with Crippen LogP contribution < -0.4 is 5.32 Å². The molecule has 1 aromatic carbocycles. The minimum atomic E-state index is -0.260. The number of hydrogen-bond acceptors (Lipinski definition) is 2. The quantitative estimate of drug-likeness (QED) is 0.761. The summed E-state index contributed by atoms with van der Waals surface area (Å²) in [6, 6.07) is 12.4. The number of carbonyl (C=O) groups excluding carboxylic acids is 1. The molecule has 2 aromatic heterocycles. The van der Waals surface area contributed by atoms with E-state index < -0.39 is 0 Å². The number of halogens is 1. The largest absolute Gasteiger partial charge is 0.356 e. The van der Waals surface area contributed by atoms with Gasteiger partial charge in [-0.15, -0.1) is 0 Å². The Labute approximate surface area is 134 Å². The Kier molecular flexibility index (Phi) is 4.66. The second kappa shape index (κ2) is 7.05. The van der Waals surface area contributed by atoms with Crippen molar-refractivity contribution in [2.75, 3.05) is 6.54 Å². The number of aromatic nitrogens is 2. The number of pyridine rings is 1. The van der Waals surface area contributed by atoms with Gasteiger partial charge in [0.1, 0.15) is 11.6 Å². The van der Waals surface area contributed by atoms with Gasteiger partial charge in [0.2, 0.25) is 5.91 Å². The van der Waals surface area contributed by atoms with Gasteiger partial charge in [-0.3, -0.25) is 4.79 Å². The molecule has 118 valence electrons. The number of benzene rings is 1.